The van der Waals surface area contributed by atoms with Crippen LogP contribution in [0.4, 0.5) is 0 Å². The van der Waals surface area contributed by atoms with Gasteiger partial charge >= 0.3 is 0 Å². The first-order chi connectivity index (χ1) is 53.7. The summed E-state index contributed by atoms with van der Waals surface area (Å²) >= 11 is 0. The summed E-state index contributed by atoms with van der Waals surface area (Å²) in [7, 11) is 0. The molecule has 4 aliphatic heterocycles. The van der Waals surface area contributed by atoms with Crippen LogP contribution in [0.25, 0.3) is 21.8 Å². The SMILES string of the molecule is NC(N)=NCCC[C@@H]1NC(=O)[C@H](Cc2c[nH]c3ccccc23)NC(=O)[C@@H](CC2CCCCC2)NC(=O)[C@@H]2CCCN2C(=O)CCCCNC1=O.NC(N)=NCCC[C@@H]1NC(=O)[C@H](Cc2c[nH]c3ccccc23)NC(=O)[C@@H](CC2CCCCC2)NC(=O)[C@@H]2CCCN2C(=O)[C@@H](NC(=O)CCc2ccccc2)CCCNC1=O. The molecular formula is C81H115N19O11. The average molecular weight is 1530 g/mol. The van der Waals surface area contributed by atoms with Crippen molar-refractivity contribution in [3.05, 3.63) is 108 Å². The first-order valence-electron chi connectivity index (χ1n) is 40.3. The molecule has 4 saturated heterocycles. The highest BCUT2D eigenvalue weighted by molar-refractivity contribution is 5.99. The highest BCUT2D eigenvalue weighted by Crippen LogP contribution is 2.31. The molecule has 19 N–H and O–H groups in total. The molecule has 0 radical (unpaired) electrons. The maximum Gasteiger partial charge on any atom is 0.245 e. The van der Waals surface area contributed by atoms with E-state index in [1.165, 1.54) is 4.90 Å². The number of aliphatic imine (C=N–C) groups is 2. The lowest BCUT2D eigenvalue weighted by Crippen LogP contribution is -2.59. The normalized spacial score (nSPS) is 24.4. The van der Waals surface area contributed by atoms with Gasteiger partial charge in [-0.3, -0.25) is 62.7 Å². The molecule has 0 unspecified atom stereocenters. The number of nitrogens with zero attached hydrogens (tertiary/aromatic N) is 4. The van der Waals surface area contributed by atoms with E-state index in [0.717, 1.165) is 103 Å². The van der Waals surface area contributed by atoms with Crippen molar-refractivity contribution < 1.29 is 52.7 Å². The van der Waals surface area contributed by atoms with E-state index in [9.17, 15) is 52.7 Å². The van der Waals surface area contributed by atoms with Gasteiger partial charge in [0.05, 0.1) is 0 Å². The van der Waals surface area contributed by atoms with Crippen molar-refractivity contribution in [1.29, 1.82) is 0 Å². The fourth-order valence-corrected chi connectivity index (χ4v) is 16.4. The molecule has 3 aromatic carbocycles. The molecule has 11 rings (SSSR count). The number of amides is 11. The van der Waals surface area contributed by atoms with Gasteiger partial charge in [0.1, 0.15) is 54.4 Å². The number of aromatic amines is 2. The summed E-state index contributed by atoms with van der Waals surface area (Å²) < 4.78 is 0. The van der Waals surface area contributed by atoms with Gasteiger partial charge in [-0.15, -0.1) is 0 Å². The van der Waals surface area contributed by atoms with Crippen LogP contribution in [-0.4, -0.2) is 190 Å². The van der Waals surface area contributed by atoms with Crippen molar-refractivity contribution >= 4 is 98.7 Å². The fourth-order valence-electron chi connectivity index (χ4n) is 16.4. The number of aromatic nitrogens is 2. The summed E-state index contributed by atoms with van der Waals surface area (Å²) in [6.45, 7) is 1.77. The van der Waals surface area contributed by atoms with Crippen molar-refractivity contribution in [3.8, 4) is 0 Å². The predicted octanol–water partition coefficient (Wildman–Crippen LogP) is 3.69. The molecule has 600 valence electrons. The standard InChI is InChI=1S/C45H62N10O6.C36H53N9O5/c46-45(47)49-24-9-18-34-40(57)48-23-10-19-35(51-39(56)22-21-29-12-3-1-4-13-29)44(61)55-25-11-20-38(55)43(60)54-36(26-30-14-5-2-6-15-30)41(58)53-37(42(59)52-34)27-31-28-50-33-17-8-7-16-32(31)33;37-36(38)40-18-8-14-27-32(47)39-17-7-6-16-31(46)45-19-9-15-30(45)35(50)44-28(20-23-10-2-1-3-11-23)33(48)43-29(34(49)42-27)21-24-22-41-26-13-5-4-12-25(24)26/h1,3-4,7-8,12-13,16-17,28,30,34-38,50H,2,5-6,9-11,14-15,18-27H2,(H,48,57)(H,51,56)(H,52,59)(H,53,58)(H,54,60)(H4,46,47,49);4-5,12-13,22-23,27-30,41H,1-3,6-11,14-21H2,(H,39,47)(H,42,49)(H,43,48)(H,44,50)(H4,37,38,40)/t34-,35-,36+,37-,38-;27-,28+,29-,30-/m00/s1. The minimum atomic E-state index is -1.11. The van der Waals surface area contributed by atoms with Crippen molar-refractivity contribution in [2.75, 3.05) is 39.3 Å². The number of rotatable bonds is 20. The van der Waals surface area contributed by atoms with Crippen LogP contribution in [0.15, 0.2) is 101 Å². The number of benzene rings is 3. The first-order valence-corrected chi connectivity index (χ1v) is 40.3. The average Bonchev–Trinajstić information content (AvgIpc) is 1.69. The maximum atomic E-state index is 14.5. The van der Waals surface area contributed by atoms with E-state index in [1.807, 2.05) is 85.1 Å². The van der Waals surface area contributed by atoms with Crippen LogP contribution in [0.3, 0.4) is 0 Å². The zero-order valence-electron chi connectivity index (χ0n) is 63.8. The Balaban J connectivity index is 0.000000241. The number of hydrogen-bond acceptors (Lipinski definition) is 13. The summed E-state index contributed by atoms with van der Waals surface area (Å²) in [6, 6.07) is 16.5. The zero-order chi connectivity index (χ0) is 78.6. The molecule has 0 spiro atoms. The van der Waals surface area contributed by atoms with Gasteiger partial charge in [-0.2, -0.15) is 0 Å². The highest BCUT2D eigenvalue weighted by atomic mass is 16.2. The molecule has 30 nitrogen and oxygen atoms in total. The quantitative estimate of drug-likeness (QED) is 0.0300. The topological polar surface area (TPSA) is 463 Å². The number of carbonyl (C=O) groups excluding carboxylic acids is 11. The minimum Gasteiger partial charge on any atom is -0.370 e. The van der Waals surface area contributed by atoms with Crippen LogP contribution in [0.5, 0.6) is 0 Å². The van der Waals surface area contributed by atoms with Gasteiger partial charge in [0.2, 0.25) is 65.0 Å². The van der Waals surface area contributed by atoms with Gasteiger partial charge in [-0.1, -0.05) is 131 Å². The molecule has 0 bridgehead atoms. The number of nitrogens with two attached hydrogens (primary N) is 4. The molecule has 2 aliphatic carbocycles. The Morgan fingerprint density at radius 2 is 0.883 bits per heavy atom. The second kappa shape index (κ2) is 42.0. The molecule has 30 heteroatoms. The van der Waals surface area contributed by atoms with Crippen molar-refractivity contribution in [1.82, 2.24) is 67.6 Å². The van der Waals surface area contributed by atoms with Crippen LogP contribution >= 0.6 is 0 Å². The molecule has 6 heterocycles. The molecular weight excluding hydrogens is 1420 g/mol. The van der Waals surface area contributed by atoms with Crippen molar-refractivity contribution in [3.63, 3.8) is 0 Å². The fraction of sp³-hybridized carbons (Fsp3) is 0.568. The van der Waals surface area contributed by atoms with Gasteiger partial charge in [-0.05, 0) is 137 Å². The van der Waals surface area contributed by atoms with Crippen LogP contribution < -0.4 is 70.8 Å². The van der Waals surface area contributed by atoms with Crippen LogP contribution in [0.2, 0.25) is 0 Å². The third-order valence-corrected chi connectivity index (χ3v) is 22.4. The Bertz CT molecular complexity index is 4050. The van der Waals surface area contributed by atoms with E-state index in [4.69, 9.17) is 22.9 Å². The van der Waals surface area contributed by atoms with Crippen LogP contribution in [0.1, 0.15) is 184 Å². The van der Waals surface area contributed by atoms with Crippen LogP contribution in [0, 0.1) is 11.8 Å². The van der Waals surface area contributed by atoms with E-state index >= 15 is 0 Å². The maximum absolute atomic E-state index is 14.5. The Morgan fingerprint density at radius 1 is 0.441 bits per heavy atom. The lowest BCUT2D eigenvalue weighted by molar-refractivity contribution is -0.142. The zero-order valence-corrected chi connectivity index (χ0v) is 63.8. The smallest absolute Gasteiger partial charge is 0.245 e. The van der Waals surface area contributed by atoms with E-state index in [2.05, 4.69) is 67.8 Å². The number of H-pyrrole nitrogens is 2. The molecule has 11 amide bonds. The Labute approximate surface area is 648 Å². The number of hydrogen-bond donors (Lipinski definition) is 15. The number of nitrogens with one attached hydrogen (secondary N) is 11. The van der Waals surface area contributed by atoms with Crippen molar-refractivity contribution in [2.45, 2.75) is 241 Å². The number of aryl methyl sites for hydroxylation is 1. The molecule has 2 aromatic heterocycles. The minimum absolute atomic E-state index is 0.0608. The number of carbonyl (C=O) groups is 11. The summed E-state index contributed by atoms with van der Waals surface area (Å²) in [4.78, 5) is 171. The lowest BCUT2D eigenvalue weighted by atomic mass is 9.84. The third-order valence-electron chi connectivity index (χ3n) is 22.4. The molecule has 6 aliphatic rings. The van der Waals surface area contributed by atoms with Gasteiger partial charge in [0.15, 0.2) is 11.9 Å². The molecule has 6 fully saturated rings. The van der Waals surface area contributed by atoms with E-state index in [1.54, 1.807) is 11.1 Å². The first kappa shape index (κ1) is 82.9. The second-order valence-corrected chi connectivity index (χ2v) is 30.6. The summed E-state index contributed by atoms with van der Waals surface area (Å²) in [5, 5.41) is 28.3. The summed E-state index contributed by atoms with van der Waals surface area (Å²) in [5.41, 5.74) is 26.4. The van der Waals surface area contributed by atoms with Gasteiger partial charge in [-0.25, -0.2) is 0 Å². The van der Waals surface area contributed by atoms with Gasteiger partial charge < -0.3 is 90.6 Å². The molecule has 5 aromatic rings. The third kappa shape index (κ3) is 24.7. The predicted molar refractivity (Wildman–Crippen MR) is 423 cm³/mol. The van der Waals surface area contributed by atoms with Gasteiger partial charge in [0.25, 0.3) is 0 Å². The Morgan fingerprint density at radius 3 is 1.39 bits per heavy atom. The van der Waals surface area contributed by atoms with E-state index < -0.39 is 89.8 Å². The lowest BCUT2D eigenvalue weighted by Gasteiger charge is -2.32. The van der Waals surface area contributed by atoms with E-state index in [-0.39, 0.29) is 118 Å². The van der Waals surface area contributed by atoms with Gasteiger partial charge in [0, 0.05) is 99.2 Å². The molecule has 9 atom stereocenters. The summed E-state index contributed by atoms with van der Waals surface area (Å²) in [5.74, 6) is -4.16. The number of fused-ring (bicyclic) bond motifs is 4. The van der Waals surface area contributed by atoms with E-state index in [0.29, 0.717) is 96.7 Å². The van der Waals surface area contributed by atoms with Crippen LogP contribution in [-0.2, 0) is 72.0 Å². The Kier molecular flexibility index (Phi) is 31.4. The largest absolute Gasteiger partial charge is 0.370 e. The second-order valence-electron chi connectivity index (χ2n) is 30.6. The molecule has 111 heavy (non-hydrogen) atoms. The highest BCUT2D eigenvalue weighted by Gasteiger charge is 2.42. The Hall–Kier alpha value is -10.6. The summed E-state index contributed by atoms with van der Waals surface area (Å²) in [6.07, 6.45) is 20.8. The van der Waals surface area contributed by atoms with Crippen molar-refractivity contribution in [2.24, 2.45) is 44.8 Å². The number of para-hydroxylation sites is 2. The molecule has 2 saturated carbocycles. The monoisotopic (exact) mass is 1530 g/mol. The number of guanidine groups is 2.